The Morgan fingerprint density at radius 3 is 2.29 bits per heavy atom. The van der Waals surface area contributed by atoms with E-state index in [1.54, 1.807) is 50.6 Å². The average molecular weight is 426 g/mol. The molecule has 0 bridgehead atoms. The second-order valence-electron chi connectivity index (χ2n) is 6.79. The maximum atomic E-state index is 12.5. The van der Waals surface area contributed by atoms with Gasteiger partial charge in [0.2, 0.25) is 5.91 Å². The smallest absolute Gasteiger partial charge is 0.340 e. The van der Waals surface area contributed by atoms with Gasteiger partial charge in [0.1, 0.15) is 11.5 Å². The van der Waals surface area contributed by atoms with E-state index >= 15 is 0 Å². The first kappa shape index (κ1) is 22.2. The number of esters is 1. The predicted octanol–water partition coefficient (Wildman–Crippen LogP) is 2.98. The van der Waals surface area contributed by atoms with E-state index in [9.17, 15) is 9.59 Å². The van der Waals surface area contributed by atoms with Gasteiger partial charge in [0.15, 0.2) is 0 Å². The summed E-state index contributed by atoms with van der Waals surface area (Å²) >= 11 is 0. The second kappa shape index (κ2) is 10.5. The molecule has 0 atom stereocenters. The minimum absolute atomic E-state index is 0.288. The van der Waals surface area contributed by atoms with Crippen molar-refractivity contribution in [2.75, 3.05) is 57.8 Å². The highest BCUT2D eigenvalue weighted by molar-refractivity contribution is 6.06. The summed E-state index contributed by atoms with van der Waals surface area (Å²) in [4.78, 5) is 26.9. The number of hydrogen-bond acceptors (Lipinski definition) is 7. The topological polar surface area (TPSA) is 86.3 Å². The Kier molecular flexibility index (Phi) is 7.50. The largest absolute Gasteiger partial charge is 0.497 e. The summed E-state index contributed by atoms with van der Waals surface area (Å²) in [5, 5.41) is 2.75. The molecule has 0 radical (unpaired) electrons. The van der Waals surface area contributed by atoms with E-state index in [-0.39, 0.29) is 11.5 Å². The van der Waals surface area contributed by atoms with E-state index in [2.05, 4.69) is 10.2 Å². The minimum Gasteiger partial charge on any atom is -0.497 e. The van der Waals surface area contributed by atoms with E-state index in [1.807, 2.05) is 6.07 Å². The van der Waals surface area contributed by atoms with Crippen LogP contribution in [0.4, 0.5) is 11.4 Å². The summed E-state index contributed by atoms with van der Waals surface area (Å²) in [6, 6.07) is 10.6. The van der Waals surface area contributed by atoms with Gasteiger partial charge in [-0.1, -0.05) is 0 Å². The Balaban J connectivity index is 1.78. The van der Waals surface area contributed by atoms with Crippen molar-refractivity contribution in [1.29, 1.82) is 0 Å². The molecule has 8 heteroatoms. The third-order valence-corrected chi connectivity index (χ3v) is 4.84. The third-order valence-electron chi connectivity index (χ3n) is 4.84. The third kappa shape index (κ3) is 5.76. The van der Waals surface area contributed by atoms with Crippen LogP contribution in [0.2, 0.25) is 0 Å². The van der Waals surface area contributed by atoms with Crippen molar-refractivity contribution in [3.8, 4) is 11.5 Å². The molecule has 3 rings (SSSR count). The molecule has 2 aromatic carbocycles. The Morgan fingerprint density at radius 2 is 1.68 bits per heavy atom. The van der Waals surface area contributed by atoms with Crippen LogP contribution in [0.5, 0.6) is 11.5 Å². The maximum Gasteiger partial charge on any atom is 0.340 e. The number of nitrogens with one attached hydrogen (secondary N) is 1. The van der Waals surface area contributed by atoms with Crippen molar-refractivity contribution in [2.45, 2.75) is 0 Å². The fourth-order valence-electron chi connectivity index (χ4n) is 3.21. The standard InChI is InChI=1S/C23H26N2O6/c1-28-18-12-16(13-19(15-18)29-2)4-7-22(26)24-21-6-5-17(14-20(21)23(27)30-3)25-8-10-31-11-9-25/h4-7,12-15H,8-11H2,1-3H3,(H,24,26)/b7-4+. The number of rotatable bonds is 7. The first-order chi connectivity index (χ1) is 15.0. The Labute approximate surface area is 181 Å². The zero-order valence-electron chi connectivity index (χ0n) is 17.8. The first-order valence-corrected chi connectivity index (χ1v) is 9.81. The summed E-state index contributed by atoms with van der Waals surface area (Å²) in [5.74, 6) is 0.329. The van der Waals surface area contributed by atoms with E-state index < -0.39 is 5.97 Å². The molecule has 0 spiro atoms. The molecule has 31 heavy (non-hydrogen) atoms. The number of methoxy groups -OCH3 is 3. The number of carbonyl (C=O) groups excluding carboxylic acids is 2. The molecule has 1 saturated heterocycles. The summed E-state index contributed by atoms with van der Waals surface area (Å²) in [6.07, 6.45) is 3.02. The van der Waals surface area contributed by atoms with E-state index in [4.69, 9.17) is 18.9 Å². The zero-order valence-corrected chi connectivity index (χ0v) is 17.8. The predicted molar refractivity (Wildman–Crippen MR) is 118 cm³/mol. The van der Waals surface area contributed by atoms with Crippen molar-refractivity contribution >= 4 is 29.3 Å². The van der Waals surface area contributed by atoms with Crippen LogP contribution in [0.15, 0.2) is 42.5 Å². The van der Waals surface area contributed by atoms with Crippen LogP contribution < -0.4 is 19.7 Å². The van der Waals surface area contributed by atoms with Crippen LogP contribution in [0.25, 0.3) is 6.08 Å². The van der Waals surface area contributed by atoms with E-state index in [0.29, 0.717) is 30.4 Å². The molecule has 1 aliphatic rings. The fraction of sp³-hybridized carbons (Fsp3) is 0.304. The van der Waals surface area contributed by atoms with Gasteiger partial charge in [0.25, 0.3) is 0 Å². The van der Waals surface area contributed by atoms with Crippen LogP contribution in [0.1, 0.15) is 15.9 Å². The number of ether oxygens (including phenoxy) is 4. The molecule has 1 amide bonds. The molecule has 1 aliphatic heterocycles. The first-order valence-electron chi connectivity index (χ1n) is 9.81. The molecule has 1 N–H and O–H groups in total. The minimum atomic E-state index is -0.521. The lowest BCUT2D eigenvalue weighted by molar-refractivity contribution is -0.111. The summed E-state index contributed by atoms with van der Waals surface area (Å²) in [5.41, 5.74) is 2.28. The SMILES string of the molecule is COC(=O)c1cc(N2CCOCC2)ccc1NC(=O)/C=C/c1cc(OC)cc(OC)c1. The van der Waals surface area contributed by atoms with Crippen molar-refractivity contribution in [2.24, 2.45) is 0 Å². The normalized spacial score (nSPS) is 13.7. The Morgan fingerprint density at radius 1 is 1.00 bits per heavy atom. The van der Waals surface area contributed by atoms with Crippen LogP contribution in [0, 0.1) is 0 Å². The molecule has 0 saturated carbocycles. The highest BCUT2D eigenvalue weighted by Gasteiger charge is 2.18. The van der Waals surface area contributed by atoms with Gasteiger partial charge in [-0.3, -0.25) is 4.79 Å². The van der Waals surface area contributed by atoms with Gasteiger partial charge in [-0.2, -0.15) is 0 Å². The molecule has 164 valence electrons. The number of nitrogens with zero attached hydrogens (tertiary/aromatic N) is 1. The second-order valence-corrected chi connectivity index (χ2v) is 6.79. The van der Waals surface area contributed by atoms with Crippen molar-refractivity contribution in [3.05, 3.63) is 53.6 Å². The molecule has 1 fully saturated rings. The monoisotopic (exact) mass is 426 g/mol. The van der Waals surface area contributed by atoms with Gasteiger partial charge >= 0.3 is 5.97 Å². The highest BCUT2D eigenvalue weighted by Crippen LogP contribution is 2.26. The highest BCUT2D eigenvalue weighted by atomic mass is 16.5. The van der Waals surface area contributed by atoms with Crippen molar-refractivity contribution in [1.82, 2.24) is 0 Å². The lowest BCUT2D eigenvalue weighted by Gasteiger charge is -2.29. The number of morpholine rings is 1. The lowest BCUT2D eigenvalue weighted by atomic mass is 10.1. The van der Waals surface area contributed by atoms with Gasteiger partial charge in [-0.15, -0.1) is 0 Å². The molecule has 1 heterocycles. The van der Waals surface area contributed by atoms with Gasteiger partial charge in [-0.05, 0) is 42.0 Å². The fourth-order valence-corrected chi connectivity index (χ4v) is 3.21. The molecular formula is C23H26N2O6. The number of anilines is 2. The zero-order chi connectivity index (χ0) is 22.2. The van der Waals surface area contributed by atoms with E-state index in [1.165, 1.54) is 13.2 Å². The van der Waals surface area contributed by atoms with Crippen LogP contribution in [0.3, 0.4) is 0 Å². The average Bonchev–Trinajstić information content (AvgIpc) is 2.82. The quantitative estimate of drug-likeness (QED) is 0.538. The van der Waals surface area contributed by atoms with Crippen molar-refractivity contribution < 1.29 is 28.5 Å². The maximum absolute atomic E-state index is 12.5. The van der Waals surface area contributed by atoms with Gasteiger partial charge in [0, 0.05) is 30.9 Å². The Hall–Kier alpha value is -3.52. The van der Waals surface area contributed by atoms with Crippen LogP contribution in [-0.2, 0) is 14.3 Å². The number of carbonyl (C=O) groups is 2. The number of benzene rings is 2. The van der Waals surface area contributed by atoms with Gasteiger partial charge < -0.3 is 29.2 Å². The molecule has 0 aromatic heterocycles. The molecular weight excluding hydrogens is 400 g/mol. The molecule has 8 nitrogen and oxygen atoms in total. The van der Waals surface area contributed by atoms with Crippen LogP contribution >= 0.6 is 0 Å². The van der Waals surface area contributed by atoms with Gasteiger partial charge in [-0.25, -0.2) is 4.79 Å². The summed E-state index contributed by atoms with van der Waals surface area (Å²) in [6.45, 7) is 2.73. The summed E-state index contributed by atoms with van der Waals surface area (Å²) < 4.78 is 20.8. The van der Waals surface area contributed by atoms with Crippen molar-refractivity contribution in [3.63, 3.8) is 0 Å². The number of amides is 1. The molecule has 2 aromatic rings. The van der Waals surface area contributed by atoms with E-state index in [0.717, 1.165) is 24.3 Å². The molecule has 0 unspecified atom stereocenters. The molecule has 0 aliphatic carbocycles. The number of hydrogen-bond donors (Lipinski definition) is 1. The van der Waals surface area contributed by atoms with Crippen LogP contribution in [-0.4, -0.2) is 59.5 Å². The van der Waals surface area contributed by atoms with Gasteiger partial charge in [0.05, 0.1) is 45.8 Å². The summed E-state index contributed by atoms with van der Waals surface area (Å²) in [7, 11) is 4.43. The lowest BCUT2D eigenvalue weighted by Crippen LogP contribution is -2.36. The Bertz CT molecular complexity index is 944.